The van der Waals surface area contributed by atoms with Crippen LogP contribution in [0.15, 0.2) is 29.4 Å². The molecule has 0 unspecified atom stereocenters. The molecule has 0 saturated heterocycles. The number of hydrogen-bond donors (Lipinski definition) is 3. The number of phenolic OH excluding ortho intramolecular Hbond substituents is 1. The standard InChI is InChI=1S/C18H16FN5O3/c1-27-13-9-23-14(19)7-11(13)15-10(8-20)3-4-12(25)16(15)17(26)24-18-21-5-2-6-22-18/h3-4,7,9,25H,2,5-6H2,1H3,(H2,21,22,24,26). The van der Waals surface area contributed by atoms with Crippen molar-refractivity contribution in [3.05, 3.63) is 41.5 Å². The lowest BCUT2D eigenvalue weighted by molar-refractivity contribution is 0.0973. The topological polar surface area (TPSA) is 120 Å². The summed E-state index contributed by atoms with van der Waals surface area (Å²) in [4.78, 5) is 20.5. The summed E-state index contributed by atoms with van der Waals surface area (Å²) in [5.41, 5.74) is 0.0547. The highest BCUT2D eigenvalue weighted by Gasteiger charge is 2.25. The van der Waals surface area contributed by atoms with Crippen molar-refractivity contribution >= 4 is 11.9 Å². The summed E-state index contributed by atoms with van der Waals surface area (Å²) in [7, 11) is 1.35. The van der Waals surface area contributed by atoms with E-state index in [2.05, 4.69) is 20.6 Å². The predicted octanol–water partition coefficient (Wildman–Crippen LogP) is 1.55. The molecule has 9 heteroatoms. The molecule has 2 aromatic rings. The van der Waals surface area contributed by atoms with Gasteiger partial charge in [0.15, 0.2) is 5.96 Å². The van der Waals surface area contributed by atoms with E-state index < -0.39 is 11.9 Å². The van der Waals surface area contributed by atoms with Gasteiger partial charge in [0.25, 0.3) is 5.91 Å². The third kappa shape index (κ3) is 3.64. The zero-order chi connectivity index (χ0) is 19.4. The Morgan fingerprint density at radius 1 is 1.48 bits per heavy atom. The molecule has 2 heterocycles. The van der Waals surface area contributed by atoms with E-state index in [1.165, 1.54) is 19.2 Å². The Bertz CT molecular complexity index is 968. The summed E-state index contributed by atoms with van der Waals surface area (Å²) >= 11 is 0. The number of methoxy groups -OCH3 is 1. The molecule has 0 fully saturated rings. The van der Waals surface area contributed by atoms with Crippen LogP contribution >= 0.6 is 0 Å². The minimum absolute atomic E-state index is 0.0459. The maximum absolute atomic E-state index is 13.8. The smallest absolute Gasteiger partial charge is 0.262 e. The van der Waals surface area contributed by atoms with Gasteiger partial charge in [-0.15, -0.1) is 0 Å². The van der Waals surface area contributed by atoms with Crippen molar-refractivity contribution in [3.63, 3.8) is 0 Å². The Morgan fingerprint density at radius 2 is 2.30 bits per heavy atom. The van der Waals surface area contributed by atoms with E-state index in [0.717, 1.165) is 18.7 Å². The molecular weight excluding hydrogens is 353 g/mol. The van der Waals surface area contributed by atoms with Crippen LogP contribution in [0, 0.1) is 17.3 Å². The molecule has 1 aromatic carbocycles. The molecule has 0 saturated carbocycles. The largest absolute Gasteiger partial charge is 0.507 e. The first kappa shape index (κ1) is 18.1. The summed E-state index contributed by atoms with van der Waals surface area (Å²) in [6, 6.07) is 5.57. The van der Waals surface area contributed by atoms with E-state index in [-0.39, 0.29) is 39.7 Å². The number of carbonyl (C=O) groups excluding carboxylic acids is 1. The van der Waals surface area contributed by atoms with Gasteiger partial charge in [0, 0.05) is 30.3 Å². The van der Waals surface area contributed by atoms with Gasteiger partial charge >= 0.3 is 0 Å². The van der Waals surface area contributed by atoms with Crippen LogP contribution in [0.3, 0.4) is 0 Å². The molecule has 1 amide bonds. The van der Waals surface area contributed by atoms with Gasteiger partial charge in [0.2, 0.25) is 5.95 Å². The van der Waals surface area contributed by atoms with Crippen molar-refractivity contribution in [1.29, 1.82) is 5.26 Å². The van der Waals surface area contributed by atoms with Gasteiger partial charge in [-0.05, 0) is 18.6 Å². The van der Waals surface area contributed by atoms with Crippen LogP contribution in [0.25, 0.3) is 11.1 Å². The van der Waals surface area contributed by atoms with Crippen LogP contribution in [0.2, 0.25) is 0 Å². The van der Waals surface area contributed by atoms with Crippen molar-refractivity contribution in [3.8, 4) is 28.7 Å². The van der Waals surface area contributed by atoms with Crippen LogP contribution in [-0.4, -0.2) is 42.2 Å². The number of guanidine groups is 1. The molecule has 1 aliphatic heterocycles. The summed E-state index contributed by atoms with van der Waals surface area (Å²) in [6.45, 7) is 1.21. The number of ether oxygens (including phenoxy) is 1. The Kier molecular flexibility index (Phi) is 5.17. The quantitative estimate of drug-likeness (QED) is 0.706. The number of halogens is 1. The van der Waals surface area contributed by atoms with Crippen molar-refractivity contribution < 1.29 is 19.0 Å². The van der Waals surface area contributed by atoms with Crippen LogP contribution in [0.5, 0.6) is 11.5 Å². The molecule has 0 bridgehead atoms. The van der Waals surface area contributed by atoms with Gasteiger partial charge in [-0.1, -0.05) is 0 Å². The number of phenols is 1. The molecule has 0 radical (unpaired) electrons. The maximum atomic E-state index is 13.8. The first-order valence-electron chi connectivity index (χ1n) is 8.10. The molecule has 138 valence electrons. The fourth-order valence-corrected chi connectivity index (χ4v) is 2.76. The van der Waals surface area contributed by atoms with Crippen molar-refractivity contribution in [2.75, 3.05) is 20.2 Å². The summed E-state index contributed by atoms with van der Waals surface area (Å²) in [5, 5.41) is 25.3. The minimum atomic E-state index is -0.817. The second-order valence-corrected chi connectivity index (χ2v) is 5.67. The van der Waals surface area contributed by atoms with Gasteiger partial charge in [0.1, 0.15) is 11.5 Å². The lowest BCUT2D eigenvalue weighted by atomic mass is 9.93. The number of aliphatic imine (C=N–C) groups is 1. The van der Waals surface area contributed by atoms with Gasteiger partial charge in [-0.3, -0.25) is 15.1 Å². The van der Waals surface area contributed by atoms with E-state index in [1.807, 2.05) is 6.07 Å². The maximum Gasteiger partial charge on any atom is 0.262 e. The van der Waals surface area contributed by atoms with Gasteiger partial charge < -0.3 is 15.2 Å². The third-order valence-electron chi connectivity index (χ3n) is 3.98. The Labute approximate surface area is 154 Å². The number of aromatic hydroxyl groups is 1. The van der Waals surface area contributed by atoms with Crippen LogP contribution < -0.4 is 15.4 Å². The molecule has 0 atom stereocenters. The fraction of sp³-hybridized carbons (Fsp3) is 0.222. The monoisotopic (exact) mass is 369 g/mol. The van der Waals surface area contributed by atoms with Crippen LogP contribution in [0.1, 0.15) is 22.3 Å². The number of nitrogens with one attached hydrogen (secondary N) is 2. The number of benzene rings is 1. The molecule has 0 spiro atoms. The summed E-state index contributed by atoms with van der Waals surface area (Å²) in [5.74, 6) is -1.44. The lowest BCUT2D eigenvalue weighted by Gasteiger charge is -2.18. The van der Waals surface area contributed by atoms with Crippen molar-refractivity contribution in [2.24, 2.45) is 4.99 Å². The second kappa shape index (κ2) is 7.70. The molecule has 3 N–H and O–H groups in total. The molecule has 1 aromatic heterocycles. The Balaban J connectivity index is 2.17. The number of hydrogen-bond acceptors (Lipinski definition) is 7. The first-order valence-corrected chi connectivity index (χ1v) is 8.10. The Hall–Kier alpha value is -3.67. The number of nitrogens with zero attached hydrogens (tertiary/aromatic N) is 3. The van der Waals surface area contributed by atoms with E-state index in [9.17, 15) is 19.6 Å². The molecule has 3 rings (SSSR count). The number of nitriles is 1. The zero-order valence-corrected chi connectivity index (χ0v) is 14.4. The highest BCUT2D eigenvalue weighted by molar-refractivity contribution is 6.11. The number of rotatable bonds is 3. The molecule has 1 aliphatic rings. The van der Waals surface area contributed by atoms with Gasteiger partial charge in [-0.2, -0.15) is 9.65 Å². The third-order valence-corrected chi connectivity index (χ3v) is 3.98. The minimum Gasteiger partial charge on any atom is -0.507 e. The van der Waals surface area contributed by atoms with Crippen molar-refractivity contribution in [2.45, 2.75) is 6.42 Å². The lowest BCUT2D eigenvalue weighted by Crippen LogP contribution is -2.43. The number of aromatic nitrogens is 1. The van der Waals surface area contributed by atoms with Gasteiger partial charge in [0.05, 0.1) is 30.5 Å². The fourth-order valence-electron chi connectivity index (χ4n) is 2.76. The highest BCUT2D eigenvalue weighted by atomic mass is 19.1. The van der Waals surface area contributed by atoms with E-state index in [1.54, 1.807) is 0 Å². The highest BCUT2D eigenvalue weighted by Crippen LogP contribution is 2.38. The Morgan fingerprint density at radius 3 is 2.96 bits per heavy atom. The average Bonchev–Trinajstić information content (AvgIpc) is 2.68. The molecular formula is C18H16FN5O3. The summed E-state index contributed by atoms with van der Waals surface area (Å²) < 4.78 is 19.0. The van der Waals surface area contributed by atoms with E-state index in [0.29, 0.717) is 13.1 Å². The van der Waals surface area contributed by atoms with Crippen LogP contribution in [0.4, 0.5) is 4.39 Å². The molecule has 0 aliphatic carbocycles. The summed E-state index contributed by atoms with van der Waals surface area (Å²) in [6.07, 6.45) is 1.98. The zero-order valence-electron chi connectivity index (χ0n) is 14.4. The molecule has 8 nitrogen and oxygen atoms in total. The second-order valence-electron chi connectivity index (χ2n) is 5.67. The number of carbonyl (C=O) groups is 1. The normalized spacial score (nSPS) is 13.1. The predicted molar refractivity (Wildman–Crippen MR) is 95.0 cm³/mol. The number of pyridine rings is 1. The molecule has 27 heavy (non-hydrogen) atoms. The number of amides is 1. The van der Waals surface area contributed by atoms with Crippen LogP contribution in [-0.2, 0) is 0 Å². The SMILES string of the molecule is COc1cnc(F)cc1-c1c(C#N)ccc(O)c1C(=O)NC1=NCCCN1. The van der Waals surface area contributed by atoms with Crippen molar-refractivity contribution in [1.82, 2.24) is 15.6 Å². The van der Waals surface area contributed by atoms with E-state index in [4.69, 9.17) is 4.74 Å². The average molecular weight is 369 g/mol. The van der Waals surface area contributed by atoms with Gasteiger partial charge in [-0.25, -0.2) is 4.98 Å². The first-order chi connectivity index (χ1) is 13.0. The van der Waals surface area contributed by atoms with E-state index >= 15 is 0 Å².